The first-order chi connectivity index (χ1) is 18.3. The van der Waals surface area contributed by atoms with E-state index < -0.39 is 23.8 Å². The Balaban J connectivity index is 0.000000673. The van der Waals surface area contributed by atoms with Crippen LogP contribution in [0.3, 0.4) is 0 Å². The minimum absolute atomic E-state index is 0.160. The molecule has 0 unspecified atom stereocenters. The molecule has 0 aliphatic rings. The molecule has 6 N–H and O–H groups in total. The summed E-state index contributed by atoms with van der Waals surface area (Å²) in [6, 6.07) is 11.9. The molecule has 208 valence electrons. The molecule has 0 saturated carbocycles. The summed E-state index contributed by atoms with van der Waals surface area (Å²) in [5.74, 6) is -2.55. The Labute approximate surface area is 218 Å². The van der Waals surface area contributed by atoms with Crippen molar-refractivity contribution in [1.29, 1.82) is 0 Å². The van der Waals surface area contributed by atoms with Crippen LogP contribution in [0.4, 0.5) is 29.6 Å². The predicted octanol–water partition coefficient (Wildman–Crippen LogP) is 1.90. The number of hydrogen-bond donors (Lipinski definition) is 5. The minimum atomic E-state index is -5.08. The van der Waals surface area contributed by atoms with Crippen LogP contribution < -0.4 is 32.2 Å². The summed E-state index contributed by atoms with van der Waals surface area (Å²) in [6.45, 7) is 3.46. The number of carboxylic acids is 1. The average molecular weight is 551 g/mol. The molecule has 0 radical (unpaired) electrons. The van der Waals surface area contributed by atoms with Crippen molar-refractivity contribution in [3.8, 4) is 5.75 Å². The monoisotopic (exact) mass is 551 g/mol. The summed E-state index contributed by atoms with van der Waals surface area (Å²) in [4.78, 5) is 54.0. The lowest BCUT2D eigenvalue weighted by Crippen LogP contribution is -2.38. The maximum absolute atomic E-state index is 12.7. The van der Waals surface area contributed by atoms with E-state index in [1.54, 1.807) is 56.3 Å². The van der Waals surface area contributed by atoms with E-state index in [2.05, 4.69) is 26.1 Å². The van der Waals surface area contributed by atoms with Crippen molar-refractivity contribution in [2.75, 3.05) is 11.2 Å². The second-order valence-electron chi connectivity index (χ2n) is 7.65. The number of alkyl halides is 3. The zero-order valence-corrected chi connectivity index (χ0v) is 20.6. The number of hydrogen-bond acceptors (Lipinski definition) is 9. The SMILES string of the molecule is Cc1nc(N)ccc1CNC(=O)Cn1c(C)cnc(NNC(=O)Oc2ccccc2)c1=O.O=C(O)C(F)(F)F. The van der Waals surface area contributed by atoms with Crippen molar-refractivity contribution in [3.63, 3.8) is 0 Å². The average Bonchev–Trinajstić information content (AvgIpc) is 2.86. The van der Waals surface area contributed by atoms with Gasteiger partial charge in [0.2, 0.25) is 11.7 Å². The normalized spacial score (nSPS) is 10.5. The number of nitrogens with two attached hydrogens (primary N) is 1. The van der Waals surface area contributed by atoms with Gasteiger partial charge in [0.1, 0.15) is 18.1 Å². The Morgan fingerprint density at radius 2 is 1.74 bits per heavy atom. The van der Waals surface area contributed by atoms with Gasteiger partial charge in [-0.15, -0.1) is 0 Å². The van der Waals surface area contributed by atoms with Crippen LogP contribution in [0.15, 0.2) is 53.5 Å². The molecule has 3 rings (SSSR count). The third-order valence-electron chi connectivity index (χ3n) is 4.73. The number of amides is 2. The molecule has 0 spiro atoms. The molecule has 2 amide bonds. The molecular formula is C23H24F3N7O6. The molecule has 2 heterocycles. The van der Waals surface area contributed by atoms with Gasteiger partial charge in [0, 0.05) is 24.1 Å². The summed E-state index contributed by atoms with van der Waals surface area (Å²) in [6.07, 6.45) is -4.50. The molecule has 0 saturated heterocycles. The van der Waals surface area contributed by atoms with Crippen molar-refractivity contribution < 1.29 is 37.4 Å². The Morgan fingerprint density at radius 3 is 2.33 bits per heavy atom. The number of nitrogens with one attached hydrogen (secondary N) is 3. The smallest absolute Gasteiger partial charge is 0.475 e. The van der Waals surface area contributed by atoms with Gasteiger partial charge < -0.3 is 20.9 Å². The fraction of sp³-hybridized carbons (Fsp3) is 0.217. The molecule has 13 nitrogen and oxygen atoms in total. The standard InChI is InChI=1S/C21H23N7O4.C2HF3O2/c1-13-10-24-19(26-27-21(31)32-16-6-4-3-5-7-16)20(30)28(13)12-18(29)23-11-15-8-9-17(22)25-14(15)2;3-2(4,5)1(6)7/h3-10H,11-12H2,1-2H3,(H2,22,25)(H,23,29)(H,24,26)(H,27,31);(H,6,7). The highest BCUT2D eigenvalue weighted by atomic mass is 19.4. The van der Waals surface area contributed by atoms with Crippen LogP contribution in [0.2, 0.25) is 0 Å². The number of aryl methyl sites for hydroxylation is 2. The van der Waals surface area contributed by atoms with Crippen LogP contribution in [0, 0.1) is 13.8 Å². The van der Waals surface area contributed by atoms with E-state index in [4.69, 9.17) is 20.4 Å². The molecule has 0 fully saturated rings. The van der Waals surface area contributed by atoms with Gasteiger partial charge in [0.25, 0.3) is 5.56 Å². The van der Waals surface area contributed by atoms with Crippen LogP contribution in [-0.4, -0.2) is 43.8 Å². The number of carbonyl (C=O) groups excluding carboxylic acids is 2. The zero-order valence-electron chi connectivity index (χ0n) is 20.6. The second-order valence-corrected chi connectivity index (χ2v) is 7.65. The van der Waals surface area contributed by atoms with Crippen LogP contribution >= 0.6 is 0 Å². The highest BCUT2D eigenvalue weighted by molar-refractivity contribution is 5.76. The number of pyridine rings is 1. The number of aromatic nitrogens is 3. The molecule has 1 aromatic carbocycles. The predicted molar refractivity (Wildman–Crippen MR) is 131 cm³/mol. The van der Waals surface area contributed by atoms with Crippen LogP contribution in [0.5, 0.6) is 5.75 Å². The fourth-order valence-electron chi connectivity index (χ4n) is 2.77. The van der Waals surface area contributed by atoms with Crippen molar-refractivity contribution in [2.24, 2.45) is 0 Å². The van der Waals surface area contributed by atoms with E-state index in [0.717, 1.165) is 5.56 Å². The van der Waals surface area contributed by atoms with E-state index in [-0.39, 0.29) is 24.8 Å². The lowest BCUT2D eigenvalue weighted by atomic mass is 10.2. The highest BCUT2D eigenvalue weighted by Gasteiger charge is 2.38. The Kier molecular flexibility index (Phi) is 10.3. The summed E-state index contributed by atoms with van der Waals surface area (Å²) in [7, 11) is 0. The molecular weight excluding hydrogens is 527 g/mol. The van der Waals surface area contributed by atoms with Crippen molar-refractivity contribution in [2.45, 2.75) is 33.1 Å². The number of carboxylic acid groups (broad SMARTS) is 1. The number of para-hydroxylation sites is 1. The fourth-order valence-corrected chi connectivity index (χ4v) is 2.77. The molecule has 0 atom stereocenters. The minimum Gasteiger partial charge on any atom is -0.475 e. The number of nitrogen functional groups attached to an aromatic ring is 1. The van der Waals surface area contributed by atoms with Crippen LogP contribution in [0.25, 0.3) is 0 Å². The van der Waals surface area contributed by atoms with Gasteiger partial charge in [0.15, 0.2) is 0 Å². The number of anilines is 2. The molecule has 0 aliphatic heterocycles. The Hall–Kier alpha value is -5.15. The maximum Gasteiger partial charge on any atom is 0.490 e. The van der Waals surface area contributed by atoms with Crippen molar-refractivity contribution >= 4 is 29.6 Å². The van der Waals surface area contributed by atoms with Gasteiger partial charge in [0.05, 0.1) is 0 Å². The number of aliphatic carboxylic acids is 1. The van der Waals surface area contributed by atoms with Gasteiger partial charge in [-0.25, -0.2) is 25.0 Å². The molecule has 2 aromatic heterocycles. The molecule has 3 aromatic rings. The van der Waals surface area contributed by atoms with E-state index in [1.165, 1.54) is 10.8 Å². The number of ether oxygens (including phenoxy) is 1. The third kappa shape index (κ3) is 9.67. The largest absolute Gasteiger partial charge is 0.490 e. The zero-order chi connectivity index (χ0) is 29.2. The number of halogens is 3. The number of benzene rings is 1. The number of nitrogens with zero attached hydrogens (tertiary/aromatic N) is 3. The summed E-state index contributed by atoms with van der Waals surface area (Å²) >= 11 is 0. The van der Waals surface area contributed by atoms with Gasteiger partial charge in [-0.1, -0.05) is 24.3 Å². The molecule has 0 aliphatic carbocycles. The number of hydrazine groups is 1. The quantitative estimate of drug-likeness (QED) is 0.271. The molecule has 39 heavy (non-hydrogen) atoms. The lowest BCUT2D eigenvalue weighted by Gasteiger charge is -2.13. The van der Waals surface area contributed by atoms with Gasteiger partial charge >= 0.3 is 18.2 Å². The van der Waals surface area contributed by atoms with Crippen LogP contribution in [0.1, 0.15) is 17.0 Å². The first kappa shape index (κ1) is 30.1. The van der Waals surface area contributed by atoms with Crippen molar-refractivity contribution in [3.05, 3.63) is 76.0 Å². The number of rotatable bonds is 7. The summed E-state index contributed by atoms with van der Waals surface area (Å²) in [5.41, 5.74) is 11.7. The lowest BCUT2D eigenvalue weighted by molar-refractivity contribution is -0.192. The Morgan fingerprint density at radius 1 is 1.10 bits per heavy atom. The first-order valence-electron chi connectivity index (χ1n) is 10.9. The van der Waals surface area contributed by atoms with Crippen molar-refractivity contribution in [1.82, 2.24) is 25.3 Å². The number of carbonyl (C=O) groups is 3. The highest BCUT2D eigenvalue weighted by Crippen LogP contribution is 2.13. The summed E-state index contributed by atoms with van der Waals surface area (Å²) < 4.78 is 38.0. The van der Waals surface area contributed by atoms with Gasteiger partial charge in [-0.3, -0.25) is 19.6 Å². The van der Waals surface area contributed by atoms with E-state index in [1.807, 2.05) is 0 Å². The van der Waals surface area contributed by atoms with E-state index >= 15 is 0 Å². The van der Waals surface area contributed by atoms with E-state index in [9.17, 15) is 27.6 Å². The van der Waals surface area contributed by atoms with E-state index in [0.29, 0.717) is 23.0 Å². The Bertz CT molecular complexity index is 1380. The van der Waals surface area contributed by atoms with Crippen LogP contribution in [-0.2, 0) is 22.7 Å². The van der Waals surface area contributed by atoms with Gasteiger partial charge in [-0.2, -0.15) is 13.2 Å². The first-order valence-corrected chi connectivity index (χ1v) is 10.9. The second kappa shape index (κ2) is 13.4. The summed E-state index contributed by atoms with van der Waals surface area (Å²) in [5, 5.41) is 9.87. The molecule has 16 heteroatoms. The third-order valence-corrected chi connectivity index (χ3v) is 4.73. The van der Waals surface area contributed by atoms with Gasteiger partial charge in [-0.05, 0) is 37.6 Å². The maximum atomic E-state index is 12.7. The topological polar surface area (TPSA) is 191 Å². The molecule has 0 bridgehead atoms.